The van der Waals surface area contributed by atoms with Crippen LogP contribution in [0.2, 0.25) is 0 Å². The second-order valence-corrected chi connectivity index (χ2v) is 21.8. The highest BCUT2D eigenvalue weighted by Crippen LogP contribution is 2.33. The van der Waals surface area contributed by atoms with E-state index in [1.807, 2.05) is 6.08 Å². The fraction of sp³-hybridized carbons (Fsp3) is 0.914. The van der Waals surface area contributed by atoms with Gasteiger partial charge in [0.25, 0.3) is 0 Å². The van der Waals surface area contributed by atoms with E-state index in [1.165, 1.54) is 135 Å². The zero-order valence-corrected chi connectivity index (χ0v) is 46.9. The predicted molar refractivity (Wildman–Crippen MR) is 291 cm³/mol. The van der Waals surface area contributed by atoms with Crippen LogP contribution in [0.4, 0.5) is 0 Å². The number of carbonyl (C=O) groups excluding carboxylic acids is 1. The number of carbonyl (C=O) groups is 1. The molecule has 3 aliphatic rings. The van der Waals surface area contributed by atoms with Crippen molar-refractivity contribution in [1.29, 1.82) is 0 Å². The summed E-state index contributed by atoms with van der Waals surface area (Å²) in [6.07, 6.45) is 15.9. The maximum absolute atomic E-state index is 13.3. The number of nitrogens with one attached hydrogen (secondary N) is 1. The second-order valence-electron chi connectivity index (χ2n) is 21.8. The molecule has 3 saturated heterocycles. The fourth-order valence-electron chi connectivity index (χ4n) is 10.3. The Morgan fingerprint density at radius 3 is 1.30 bits per heavy atom. The van der Waals surface area contributed by atoms with Gasteiger partial charge in [-0.15, -0.1) is 0 Å². The average Bonchev–Trinajstić information content (AvgIpc) is 3.43. The van der Waals surface area contributed by atoms with Crippen LogP contribution in [0, 0.1) is 0 Å². The van der Waals surface area contributed by atoms with E-state index in [1.54, 1.807) is 6.08 Å². The van der Waals surface area contributed by atoms with Crippen LogP contribution in [0.5, 0.6) is 0 Å². The van der Waals surface area contributed by atoms with E-state index in [9.17, 15) is 61.0 Å². The number of aliphatic hydroxyl groups excluding tert-OH is 11. The third kappa shape index (κ3) is 26.4. The van der Waals surface area contributed by atoms with Crippen LogP contribution in [-0.2, 0) is 33.2 Å². The first-order valence-corrected chi connectivity index (χ1v) is 30.1. The van der Waals surface area contributed by atoms with Gasteiger partial charge in [0.2, 0.25) is 5.91 Å². The summed E-state index contributed by atoms with van der Waals surface area (Å²) in [6.45, 7) is 1.70. The highest BCUT2D eigenvalue weighted by molar-refractivity contribution is 5.76. The van der Waals surface area contributed by atoms with E-state index >= 15 is 0 Å². The minimum Gasteiger partial charge on any atom is -0.394 e. The molecule has 3 heterocycles. The molecule has 0 saturated carbocycles. The number of rotatable bonds is 44. The van der Waals surface area contributed by atoms with Crippen molar-refractivity contribution < 1.29 is 89.4 Å². The van der Waals surface area contributed by atoms with Crippen molar-refractivity contribution in [3.8, 4) is 0 Å². The number of amides is 1. The second kappa shape index (κ2) is 42.1. The molecule has 3 rings (SSSR count). The van der Waals surface area contributed by atoms with E-state index in [0.29, 0.717) is 12.8 Å². The molecule has 17 unspecified atom stereocenters. The van der Waals surface area contributed by atoms with Crippen molar-refractivity contribution in [1.82, 2.24) is 5.32 Å². The number of ether oxygens (including phenoxy) is 6. The molecule has 452 valence electrons. The molecule has 12 N–H and O–H groups in total. The Morgan fingerprint density at radius 1 is 0.455 bits per heavy atom. The summed E-state index contributed by atoms with van der Waals surface area (Å²) in [4.78, 5) is 13.3. The molecule has 0 spiro atoms. The monoisotopic (exact) mass is 1110 g/mol. The summed E-state index contributed by atoms with van der Waals surface area (Å²) in [5.74, 6) is -0.284. The number of allylic oxidation sites excluding steroid dienone is 3. The van der Waals surface area contributed by atoms with Gasteiger partial charge < -0.3 is 89.9 Å². The first-order valence-electron chi connectivity index (χ1n) is 30.1. The first-order chi connectivity index (χ1) is 37.3. The minimum absolute atomic E-state index is 0.239. The van der Waals surface area contributed by atoms with Crippen LogP contribution in [0.15, 0.2) is 24.3 Å². The maximum Gasteiger partial charge on any atom is 0.220 e. The van der Waals surface area contributed by atoms with Gasteiger partial charge in [-0.05, 0) is 32.1 Å². The van der Waals surface area contributed by atoms with Gasteiger partial charge in [0.15, 0.2) is 18.9 Å². The highest BCUT2D eigenvalue weighted by Gasteiger charge is 2.53. The van der Waals surface area contributed by atoms with Crippen LogP contribution in [0.3, 0.4) is 0 Å². The SMILES string of the molecule is CCCCCCCCCCCCCC/C=C/CC/C=C/C(O)C(COC1OC(CO)C(OC2OC(CO)C(OC3OC(CO)C(O)C(O)C3O)C(O)C2O)C(O)C1O)NC(=O)CCCCCCCCCCCCCCCC. The van der Waals surface area contributed by atoms with Crippen LogP contribution < -0.4 is 5.32 Å². The zero-order valence-electron chi connectivity index (χ0n) is 46.9. The molecule has 3 fully saturated rings. The molecule has 17 atom stereocenters. The molecule has 0 bridgehead atoms. The van der Waals surface area contributed by atoms with Gasteiger partial charge in [0.1, 0.15) is 73.2 Å². The van der Waals surface area contributed by atoms with Crippen LogP contribution in [-0.4, -0.2) is 193 Å². The lowest BCUT2D eigenvalue weighted by Crippen LogP contribution is -2.66. The summed E-state index contributed by atoms with van der Waals surface area (Å²) < 4.78 is 34.2. The van der Waals surface area contributed by atoms with Crippen molar-refractivity contribution in [3.05, 3.63) is 24.3 Å². The Morgan fingerprint density at radius 2 is 0.831 bits per heavy atom. The van der Waals surface area contributed by atoms with E-state index in [4.69, 9.17) is 28.4 Å². The minimum atomic E-state index is -1.98. The van der Waals surface area contributed by atoms with Crippen LogP contribution in [0.1, 0.15) is 206 Å². The highest BCUT2D eigenvalue weighted by atomic mass is 16.8. The lowest BCUT2D eigenvalue weighted by molar-refractivity contribution is -0.379. The smallest absolute Gasteiger partial charge is 0.220 e. The lowest BCUT2D eigenvalue weighted by Gasteiger charge is -2.48. The van der Waals surface area contributed by atoms with Gasteiger partial charge in [-0.1, -0.05) is 192 Å². The summed E-state index contributed by atoms with van der Waals surface area (Å²) in [5.41, 5.74) is 0. The quantitative estimate of drug-likeness (QED) is 0.0277. The Bertz CT molecular complexity index is 1510. The van der Waals surface area contributed by atoms with Crippen molar-refractivity contribution >= 4 is 5.91 Å². The molecule has 0 radical (unpaired) electrons. The normalized spacial score (nSPS) is 30.8. The van der Waals surface area contributed by atoms with Gasteiger partial charge in [-0.25, -0.2) is 0 Å². The van der Waals surface area contributed by atoms with E-state index < -0.39 is 124 Å². The van der Waals surface area contributed by atoms with Crippen molar-refractivity contribution in [3.63, 3.8) is 0 Å². The summed E-state index contributed by atoms with van der Waals surface area (Å²) in [5, 5.41) is 120. The number of hydrogen-bond acceptors (Lipinski definition) is 18. The van der Waals surface area contributed by atoms with E-state index in [2.05, 4.69) is 31.3 Å². The van der Waals surface area contributed by atoms with Gasteiger partial charge in [-0.2, -0.15) is 0 Å². The Hall–Kier alpha value is -1.73. The summed E-state index contributed by atoms with van der Waals surface area (Å²) in [6, 6.07) is -0.984. The van der Waals surface area contributed by atoms with Crippen LogP contribution >= 0.6 is 0 Å². The molecule has 1 amide bonds. The lowest BCUT2D eigenvalue weighted by atomic mass is 9.96. The van der Waals surface area contributed by atoms with E-state index in [0.717, 1.165) is 38.5 Å². The topological polar surface area (TPSA) is 307 Å². The first kappa shape index (κ1) is 69.5. The van der Waals surface area contributed by atoms with Crippen LogP contribution in [0.25, 0.3) is 0 Å². The molecule has 19 nitrogen and oxygen atoms in total. The van der Waals surface area contributed by atoms with Gasteiger partial charge >= 0.3 is 0 Å². The number of hydrogen-bond donors (Lipinski definition) is 12. The molecule has 77 heavy (non-hydrogen) atoms. The largest absolute Gasteiger partial charge is 0.394 e. The zero-order chi connectivity index (χ0) is 56.2. The van der Waals surface area contributed by atoms with Crippen molar-refractivity contribution in [2.75, 3.05) is 26.4 Å². The molecule has 3 aliphatic heterocycles. The number of aliphatic hydroxyl groups is 11. The molecular formula is C58H107NO18. The summed E-state index contributed by atoms with van der Waals surface area (Å²) in [7, 11) is 0. The van der Waals surface area contributed by atoms with Gasteiger partial charge in [-0.3, -0.25) is 4.79 Å². The molecule has 0 aliphatic carbocycles. The molecule has 0 aromatic heterocycles. The Balaban J connectivity index is 1.52. The molecule has 0 aromatic carbocycles. The van der Waals surface area contributed by atoms with Gasteiger partial charge in [0, 0.05) is 6.42 Å². The molecule has 0 aromatic rings. The Labute approximate surface area is 460 Å². The Kier molecular flexibility index (Phi) is 38.1. The molecular weight excluding hydrogens is 999 g/mol. The van der Waals surface area contributed by atoms with Gasteiger partial charge in [0.05, 0.1) is 38.6 Å². The number of unbranched alkanes of at least 4 members (excludes halogenated alkanes) is 26. The standard InChI is InChI=1S/C58H107NO18/c1-3-5-7-9-11-13-15-17-19-20-21-22-23-25-27-29-31-33-35-42(63)41(59-46(64)36-34-32-30-28-26-24-18-16-14-12-10-8-6-4-2)40-72-56-52(70)49(67)54(44(38-61)74-56)77-58-53(71)50(68)55(45(39-62)75-58)76-57-51(69)48(66)47(65)43(37-60)73-57/h25,27,33,35,41-45,47-58,60-63,65-71H,3-24,26,28-32,34,36-40H2,1-2H3,(H,59,64)/b27-25+,35-33+. The average molecular weight is 1110 g/mol. The van der Waals surface area contributed by atoms with Crippen molar-refractivity contribution in [2.24, 2.45) is 0 Å². The molecule has 19 heteroatoms. The third-order valence-corrected chi connectivity index (χ3v) is 15.3. The summed E-state index contributed by atoms with van der Waals surface area (Å²) >= 11 is 0. The van der Waals surface area contributed by atoms with E-state index in [-0.39, 0.29) is 18.9 Å². The predicted octanol–water partition coefficient (Wildman–Crippen LogP) is 5.15. The maximum atomic E-state index is 13.3. The third-order valence-electron chi connectivity index (χ3n) is 15.3. The fourth-order valence-corrected chi connectivity index (χ4v) is 10.3. The van der Waals surface area contributed by atoms with Crippen molar-refractivity contribution in [2.45, 2.75) is 311 Å².